The second kappa shape index (κ2) is 8.72. The summed E-state index contributed by atoms with van der Waals surface area (Å²) in [4.78, 5) is 12.1. The first-order valence-electron chi connectivity index (χ1n) is 9.60. The summed E-state index contributed by atoms with van der Waals surface area (Å²) in [6, 6.07) is 15.8. The van der Waals surface area contributed by atoms with Crippen molar-refractivity contribution in [3.63, 3.8) is 0 Å². The van der Waals surface area contributed by atoms with Crippen molar-refractivity contribution < 1.29 is 9.53 Å². The summed E-state index contributed by atoms with van der Waals surface area (Å²) in [5.41, 5.74) is 3.23. The van der Waals surface area contributed by atoms with Gasteiger partial charge in [0.15, 0.2) is 0 Å². The average Bonchev–Trinajstić information content (AvgIpc) is 2.64. The molecule has 0 saturated heterocycles. The minimum Gasteiger partial charge on any atom is -0.426 e. The van der Waals surface area contributed by atoms with Crippen molar-refractivity contribution in [2.24, 2.45) is 11.8 Å². The zero-order valence-electron chi connectivity index (χ0n) is 15.6. The van der Waals surface area contributed by atoms with E-state index in [4.69, 9.17) is 4.74 Å². The van der Waals surface area contributed by atoms with Gasteiger partial charge in [0, 0.05) is 11.1 Å². The molecule has 2 heteroatoms. The number of esters is 1. The minimum absolute atomic E-state index is 0.0807. The van der Waals surface area contributed by atoms with Gasteiger partial charge in [-0.2, -0.15) is 0 Å². The van der Waals surface area contributed by atoms with Crippen molar-refractivity contribution in [2.75, 3.05) is 0 Å². The minimum atomic E-state index is -0.0906. The molecule has 0 aromatic heterocycles. The summed E-state index contributed by atoms with van der Waals surface area (Å²) in [5, 5.41) is 0. The zero-order valence-corrected chi connectivity index (χ0v) is 15.6. The van der Waals surface area contributed by atoms with E-state index in [1.165, 1.54) is 18.4 Å². The maximum Gasteiger partial charge on any atom is 0.314 e. The molecule has 3 rings (SSSR count). The molecule has 0 radical (unpaired) electrons. The number of carbonyl (C=O) groups excluding carboxylic acids is 1. The third-order valence-corrected chi connectivity index (χ3v) is 5.05. The average molecular weight is 346 g/mol. The normalized spacial score (nSPS) is 18.4. The van der Waals surface area contributed by atoms with Gasteiger partial charge < -0.3 is 4.74 Å². The first-order chi connectivity index (χ1) is 12.7. The van der Waals surface area contributed by atoms with E-state index < -0.39 is 0 Å². The van der Waals surface area contributed by atoms with Crippen LogP contribution in [-0.4, -0.2) is 5.97 Å². The van der Waals surface area contributed by atoms with Crippen LogP contribution in [0.3, 0.4) is 0 Å². The lowest BCUT2D eigenvalue weighted by atomic mass is 9.73. The van der Waals surface area contributed by atoms with Crippen LogP contribution in [0.2, 0.25) is 0 Å². The molecule has 0 aliphatic heterocycles. The molecule has 1 saturated carbocycles. The molecule has 0 heterocycles. The molecule has 134 valence electrons. The van der Waals surface area contributed by atoms with E-state index in [9.17, 15) is 4.79 Å². The van der Waals surface area contributed by atoms with Gasteiger partial charge in [-0.05, 0) is 67.1 Å². The topological polar surface area (TPSA) is 26.3 Å². The highest BCUT2D eigenvalue weighted by Crippen LogP contribution is 2.37. The van der Waals surface area contributed by atoms with Crippen molar-refractivity contribution in [3.05, 3.63) is 65.2 Å². The summed E-state index contributed by atoms with van der Waals surface area (Å²) >= 11 is 0. The van der Waals surface area contributed by atoms with E-state index in [0.29, 0.717) is 11.7 Å². The molecular weight excluding hydrogens is 320 g/mol. The molecule has 0 bridgehead atoms. The van der Waals surface area contributed by atoms with E-state index in [1.54, 1.807) is 0 Å². The first-order valence-corrected chi connectivity index (χ1v) is 9.60. The molecule has 1 aliphatic carbocycles. The highest BCUT2D eigenvalue weighted by Gasteiger charge is 2.35. The van der Waals surface area contributed by atoms with E-state index in [1.807, 2.05) is 36.4 Å². The van der Waals surface area contributed by atoms with Crippen molar-refractivity contribution >= 4 is 5.97 Å². The fourth-order valence-electron chi connectivity index (χ4n) is 3.35. The standard InChI is InChI=1S/C24H26O2/c1-3-5-21-16-22(17-21)24(25)26-23-14-12-20(13-15-23)11-10-19-8-6-18(4-2)7-9-19/h6-9,12-15,21-22H,3-5,16-17H2,1-2H3. The van der Waals surface area contributed by atoms with Gasteiger partial charge in [-0.1, -0.05) is 50.7 Å². The first kappa shape index (κ1) is 18.3. The Morgan fingerprint density at radius 3 is 2.08 bits per heavy atom. The Balaban J connectivity index is 1.54. The Bertz CT molecular complexity index is 785. The highest BCUT2D eigenvalue weighted by atomic mass is 16.5. The largest absolute Gasteiger partial charge is 0.426 e. The van der Waals surface area contributed by atoms with Gasteiger partial charge >= 0.3 is 5.97 Å². The molecule has 1 aliphatic rings. The van der Waals surface area contributed by atoms with Gasteiger partial charge in [-0.25, -0.2) is 0 Å². The summed E-state index contributed by atoms with van der Waals surface area (Å²) in [6.07, 6.45) is 5.41. The predicted molar refractivity (Wildman–Crippen MR) is 105 cm³/mol. The summed E-state index contributed by atoms with van der Waals surface area (Å²) in [6.45, 7) is 4.33. The summed E-state index contributed by atoms with van der Waals surface area (Å²) in [5.74, 6) is 7.62. The van der Waals surface area contributed by atoms with Crippen molar-refractivity contribution in [1.29, 1.82) is 0 Å². The molecule has 0 atom stereocenters. The molecule has 0 N–H and O–H groups in total. The van der Waals surface area contributed by atoms with Gasteiger partial charge in [-0.15, -0.1) is 0 Å². The fourth-order valence-corrected chi connectivity index (χ4v) is 3.35. The molecule has 1 fully saturated rings. The SMILES string of the molecule is CCCC1CC(C(=O)Oc2ccc(C#Cc3ccc(CC)cc3)cc2)C1. The highest BCUT2D eigenvalue weighted by molar-refractivity contribution is 5.76. The van der Waals surface area contributed by atoms with Gasteiger partial charge in [0.2, 0.25) is 0 Å². The van der Waals surface area contributed by atoms with Crippen LogP contribution in [0.25, 0.3) is 0 Å². The quantitative estimate of drug-likeness (QED) is 0.413. The lowest BCUT2D eigenvalue weighted by molar-refractivity contribution is -0.143. The number of rotatable bonds is 5. The number of ether oxygens (including phenoxy) is 1. The number of carbonyl (C=O) groups is 1. The summed E-state index contributed by atoms with van der Waals surface area (Å²) < 4.78 is 5.50. The molecule has 0 spiro atoms. The van der Waals surface area contributed by atoms with E-state index in [-0.39, 0.29) is 11.9 Å². The predicted octanol–water partition coefficient (Wildman–Crippen LogP) is 5.38. The van der Waals surface area contributed by atoms with Crippen LogP contribution in [0.1, 0.15) is 56.2 Å². The Morgan fingerprint density at radius 2 is 1.54 bits per heavy atom. The van der Waals surface area contributed by atoms with E-state index in [2.05, 4.69) is 37.8 Å². The van der Waals surface area contributed by atoms with Crippen molar-refractivity contribution in [3.8, 4) is 17.6 Å². The Morgan fingerprint density at radius 1 is 0.962 bits per heavy atom. The molecule has 2 nitrogen and oxygen atoms in total. The Kier molecular flexibility index (Phi) is 6.12. The lowest BCUT2D eigenvalue weighted by Gasteiger charge is -2.33. The number of hydrogen-bond donors (Lipinski definition) is 0. The Hall–Kier alpha value is -2.53. The van der Waals surface area contributed by atoms with Crippen LogP contribution >= 0.6 is 0 Å². The van der Waals surface area contributed by atoms with Crippen LogP contribution in [0.15, 0.2) is 48.5 Å². The number of benzene rings is 2. The van der Waals surface area contributed by atoms with Crippen LogP contribution in [0.4, 0.5) is 0 Å². The maximum absolute atomic E-state index is 12.1. The van der Waals surface area contributed by atoms with Crippen molar-refractivity contribution in [1.82, 2.24) is 0 Å². The number of hydrogen-bond acceptors (Lipinski definition) is 2. The molecule has 26 heavy (non-hydrogen) atoms. The number of aryl methyl sites for hydroxylation is 1. The van der Waals surface area contributed by atoms with Crippen LogP contribution in [0.5, 0.6) is 5.75 Å². The van der Waals surface area contributed by atoms with Gasteiger partial charge in [0.1, 0.15) is 5.75 Å². The molecule has 0 unspecified atom stereocenters. The maximum atomic E-state index is 12.1. The summed E-state index contributed by atoms with van der Waals surface area (Å²) in [7, 11) is 0. The second-order valence-corrected chi connectivity index (χ2v) is 7.07. The smallest absolute Gasteiger partial charge is 0.314 e. The van der Waals surface area contributed by atoms with E-state index in [0.717, 1.165) is 30.4 Å². The molecular formula is C24H26O2. The van der Waals surface area contributed by atoms with Gasteiger partial charge in [-0.3, -0.25) is 4.79 Å². The van der Waals surface area contributed by atoms with Crippen LogP contribution in [-0.2, 0) is 11.2 Å². The van der Waals surface area contributed by atoms with Crippen molar-refractivity contribution in [2.45, 2.75) is 46.0 Å². The fraction of sp³-hybridized carbons (Fsp3) is 0.375. The van der Waals surface area contributed by atoms with Gasteiger partial charge in [0.25, 0.3) is 0 Å². The third kappa shape index (κ3) is 4.76. The van der Waals surface area contributed by atoms with Crippen LogP contribution < -0.4 is 4.74 Å². The Labute approximate surface area is 156 Å². The molecule has 0 amide bonds. The lowest BCUT2D eigenvalue weighted by Crippen LogP contribution is -2.33. The molecule has 2 aromatic carbocycles. The molecule has 2 aromatic rings. The zero-order chi connectivity index (χ0) is 18.4. The second-order valence-electron chi connectivity index (χ2n) is 7.07. The van der Waals surface area contributed by atoms with Gasteiger partial charge in [0.05, 0.1) is 5.92 Å². The van der Waals surface area contributed by atoms with E-state index >= 15 is 0 Å². The monoisotopic (exact) mass is 346 g/mol. The third-order valence-electron chi connectivity index (χ3n) is 5.05. The van der Waals surface area contributed by atoms with Crippen LogP contribution in [0, 0.1) is 23.7 Å².